The fourth-order valence-electron chi connectivity index (χ4n) is 4.32. The minimum Gasteiger partial charge on any atom is -0.507 e. The van der Waals surface area contributed by atoms with Crippen molar-refractivity contribution in [1.29, 1.82) is 0 Å². The van der Waals surface area contributed by atoms with Crippen molar-refractivity contribution in [3.63, 3.8) is 0 Å². The van der Waals surface area contributed by atoms with Crippen LogP contribution in [0.2, 0.25) is 0 Å². The summed E-state index contributed by atoms with van der Waals surface area (Å²) in [7, 11) is 1.29. The number of aromatic nitrogens is 1. The molecule has 0 spiro atoms. The van der Waals surface area contributed by atoms with E-state index >= 15 is 0 Å². The summed E-state index contributed by atoms with van der Waals surface area (Å²) in [4.78, 5) is 43.6. The van der Waals surface area contributed by atoms with Gasteiger partial charge in [0, 0.05) is 23.6 Å². The molecule has 0 radical (unpaired) electrons. The van der Waals surface area contributed by atoms with Crippen molar-refractivity contribution in [2.24, 2.45) is 0 Å². The lowest BCUT2D eigenvalue weighted by molar-refractivity contribution is -0.132. The van der Waals surface area contributed by atoms with Crippen molar-refractivity contribution in [3.8, 4) is 5.75 Å². The highest BCUT2D eigenvalue weighted by Gasteiger charge is 2.48. The molecule has 1 saturated heterocycles. The van der Waals surface area contributed by atoms with Crippen LogP contribution in [-0.2, 0) is 20.7 Å². The van der Waals surface area contributed by atoms with Crippen LogP contribution in [0, 0.1) is 0 Å². The highest BCUT2D eigenvalue weighted by molar-refractivity contribution is 7.14. The summed E-state index contributed by atoms with van der Waals surface area (Å²) in [5, 5.41) is 13.3. The number of nitrogens with zero attached hydrogens (tertiary/aromatic N) is 2. The molecule has 2 aliphatic heterocycles. The number of thiazole rings is 1. The second kappa shape index (κ2) is 8.42. The minimum atomic E-state index is -0.915. The highest BCUT2D eigenvalue weighted by atomic mass is 32.1. The maximum Gasteiger partial charge on any atom is 0.337 e. The van der Waals surface area contributed by atoms with E-state index in [0.29, 0.717) is 28.2 Å². The summed E-state index contributed by atoms with van der Waals surface area (Å²) >= 11 is 1.21. The fraction of sp³-hybridized carbons (Fsp3) is 0.200. The number of amides is 1. The Hall–Kier alpha value is -3.98. The molecule has 1 N–H and O–H groups in total. The van der Waals surface area contributed by atoms with E-state index in [2.05, 4.69) is 4.98 Å². The zero-order valence-electron chi connectivity index (χ0n) is 18.3. The Balaban J connectivity index is 1.65. The lowest BCUT2D eigenvalue weighted by atomic mass is 9.94. The number of hydrogen-bond donors (Lipinski definition) is 1. The van der Waals surface area contributed by atoms with Gasteiger partial charge < -0.3 is 14.6 Å². The molecule has 1 fully saturated rings. The van der Waals surface area contributed by atoms with Crippen molar-refractivity contribution < 1.29 is 29.0 Å². The predicted molar refractivity (Wildman–Crippen MR) is 125 cm³/mol. The van der Waals surface area contributed by atoms with E-state index in [1.807, 2.05) is 6.92 Å². The second-order valence-corrected chi connectivity index (χ2v) is 8.93. The average Bonchev–Trinajstić information content (AvgIpc) is 3.56. The number of Topliss-reactive ketones (excluding diaryl/α,β-unsaturated/α-hetero) is 1. The molecular weight excluding hydrogens is 456 g/mol. The number of hydrogen-bond acceptors (Lipinski definition) is 8. The quantitative estimate of drug-likeness (QED) is 0.264. The average molecular weight is 477 g/mol. The van der Waals surface area contributed by atoms with Gasteiger partial charge >= 0.3 is 11.9 Å². The molecule has 0 saturated carbocycles. The number of esters is 1. The molecule has 0 aliphatic carbocycles. The van der Waals surface area contributed by atoms with Crippen LogP contribution in [-0.4, -0.2) is 41.0 Å². The fourth-order valence-corrected chi connectivity index (χ4v) is 4.99. The number of aliphatic hydroxyl groups is 1. The van der Waals surface area contributed by atoms with E-state index in [1.54, 1.807) is 54.0 Å². The van der Waals surface area contributed by atoms with Gasteiger partial charge in [0.15, 0.2) is 5.13 Å². The lowest BCUT2D eigenvalue weighted by Gasteiger charge is -2.23. The van der Waals surface area contributed by atoms with Crippen LogP contribution in [0.1, 0.15) is 40.0 Å². The molecule has 172 valence electrons. The molecule has 2 atom stereocenters. The highest BCUT2D eigenvalue weighted by Crippen LogP contribution is 2.43. The van der Waals surface area contributed by atoms with Gasteiger partial charge in [-0.15, -0.1) is 11.3 Å². The molecule has 1 amide bonds. The van der Waals surface area contributed by atoms with E-state index in [-0.39, 0.29) is 17.4 Å². The van der Waals surface area contributed by atoms with Crippen LogP contribution < -0.4 is 9.64 Å². The summed E-state index contributed by atoms with van der Waals surface area (Å²) in [6.45, 7) is 1.96. The van der Waals surface area contributed by atoms with Crippen LogP contribution in [0.3, 0.4) is 0 Å². The van der Waals surface area contributed by atoms with Crippen LogP contribution >= 0.6 is 11.3 Å². The Morgan fingerprint density at radius 2 is 1.91 bits per heavy atom. The standard InChI is InChI=1S/C25H20N2O6S/c1-13-11-17-12-16(7-8-18(17)33-13)21(28)19-20(14-3-5-15(6-4-14)24(31)32-2)27(23(30)22(19)29)25-26-9-10-34-25/h3-10,12-13,20,28H,11H2,1-2H3/b21-19+/t13-,20-/m1/s1. The van der Waals surface area contributed by atoms with Gasteiger partial charge in [0.2, 0.25) is 0 Å². The SMILES string of the molecule is COC(=O)c1ccc([C@@H]2/C(=C(\O)c3ccc4c(c3)C[C@@H](C)O4)C(=O)C(=O)N2c2nccs2)cc1. The smallest absolute Gasteiger partial charge is 0.337 e. The molecule has 2 aliphatic rings. The van der Waals surface area contributed by atoms with Crippen LogP contribution in [0.4, 0.5) is 5.13 Å². The summed E-state index contributed by atoms with van der Waals surface area (Å²) in [5.74, 6) is -1.63. The molecule has 9 heteroatoms. The van der Waals surface area contributed by atoms with E-state index in [9.17, 15) is 19.5 Å². The molecule has 3 aromatic rings. The topological polar surface area (TPSA) is 106 Å². The van der Waals surface area contributed by atoms with Crippen LogP contribution in [0.25, 0.3) is 5.76 Å². The molecule has 0 unspecified atom stereocenters. The van der Waals surface area contributed by atoms with E-state index < -0.39 is 23.7 Å². The van der Waals surface area contributed by atoms with Crippen molar-refractivity contribution in [2.45, 2.75) is 25.5 Å². The maximum atomic E-state index is 13.2. The largest absolute Gasteiger partial charge is 0.507 e. The Morgan fingerprint density at radius 1 is 1.18 bits per heavy atom. The first kappa shape index (κ1) is 21.8. The molecule has 5 rings (SSSR count). The number of aliphatic hydroxyl groups excluding tert-OH is 1. The van der Waals surface area contributed by atoms with Gasteiger partial charge in [-0.2, -0.15) is 0 Å². The third-order valence-corrected chi connectivity index (χ3v) is 6.66. The number of anilines is 1. The van der Waals surface area contributed by atoms with Gasteiger partial charge in [-0.05, 0) is 48.4 Å². The van der Waals surface area contributed by atoms with Gasteiger partial charge in [-0.25, -0.2) is 9.78 Å². The summed E-state index contributed by atoms with van der Waals surface area (Å²) in [6.07, 6.45) is 2.25. The summed E-state index contributed by atoms with van der Waals surface area (Å²) in [5.41, 5.74) is 2.17. The van der Waals surface area contributed by atoms with Crippen molar-refractivity contribution in [2.75, 3.05) is 12.0 Å². The van der Waals surface area contributed by atoms with E-state index in [4.69, 9.17) is 9.47 Å². The van der Waals surface area contributed by atoms with Gasteiger partial charge in [-0.1, -0.05) is 12.1 Å². The number of benzene rings is 2. The first-order valence-corrected chi connectivity index (χ1v) is 11.5. The monoisotopic (exact) mass is 476 g/mol. The number of ketones is 1. The van der Waals surface area contributed by atoms with Crippen molar-refractivity contribution in [1.82, 2.24) is 4.98 Å². The first-order valence-electron chi connectivity index (χ1n) is 10.6. The van der Waals surface area contributed by atoms with Gasteiger partial charge in [0.25, 0.3) is 5.78 Å². The Bertz CT molecular complexity index is 1330. The van der Waals surface area contributed by atoms with Gasteiger partial charge in [-0.3, -0.25) is 14.5 Å². The van der Waals surface area contributed by atoms with Crippen LogP contribution in [0.5, 0.6) is 5.75 Å². The van der Waals surface area contributed by atoms with E-state index in [1.165, 1.54) is 23.3 Å². The van der Waals surface area contributed by atoms with Crippen molar-refractivity contribution in [3.05, 3.63) is 81.9 Å². The third-order valence-electron chi connectivity index (χ3n) is 5.89. The Labute approximate surface area is 199 Å². The maximum absolute atomic E-state index is 13.2. The molecule has 3 heterocycles. The number of ether oxygens (including phenoxy) is 2. The summed E-state index contributed by atoms with van der Waals surface area (Å²) in [6, 6.07) is 10.7. The first-order chi connectivity index (χ1) is 16.4. The number of carbonyl (C=O) groups is 3. The minimum absolute atomic E-state index is 0.0243. The lowest BCUT2D eigenvalue weighted by Crippen LogP contribution is -2.29. The van der Waals surface area contributed by atoms with Crippen molar-refractivity contribution >= 4 is 39.9 Å². The molecule has 2 aromatic carbocycles. The Morgan fingerprint density at radius 3 is 2.59 bits per heavy atom. The molecule has 34 heavy (non-hydrogen) atoms. The van der Waals surface area contributed by atoms with E-state index in [0.717, 1.165) is 11.3 Å². The predicted octanol–water partition coefficient (Wildman–Crippen LogP) is 3.88. The molecular formula is C25H20N2O6S. The second-order valence-electron chi connectivity index (χ2n) is 8.05. The number of fused-ring (bicyclic) bond motifs is 1. The van der Waals surface area contributed by atoms with Crippen LogP contribution in [0.15, 0.2) is 59.6 Å². The zero-order valence-corrected chi connectivity index (χ0v) is 19.2. The third kappa shape index (κ3) is 3.54. The zero-order chi connectivity index (χ0) is 24.0. The number of carbonyl (C=O) groups excluding carboxylic acids is 3. The van der Waals surface area contributed by atoms with Gasteiger partial charge in [0.05, 0.1) is 24.3 Å². The normalized spacial score (nSPS) is 20.8. The molecule has 8 nitrogen and oxygen atoms in total. The molecule has 0 bridgehead atoms. The Kier molecular flexibility index (Phi) is 5.41. The number of methoxy groups -OCH3 is 1. The molecule has 1 aromatic heterocycles. The summed E-state index contributed by atoms with van der Waals surface area (Å²) < 4.78 is 10.5. The number of rotatable bonds is 4. The van der Waals surface area contributed by atoms with Gasteiger partial charge in [0.1, 0.15) is 17.6 Å².